The Morgan fingerprint density at radius 1 is 1.20 bits per heavy atom. The van der Waals surface area contributed by atoms with Gasteiger partial charge in [0.2, 0.25) is 0 Å². The fraction of sp³-hybridized carbons (Fsp3) is 0.304. The highest BCUT2D eigenvalue weighted by molar-refractivity contribution is 7.09. The molecule has 158 valence electrons. The van der Waals surface area contributed by atoms with Crippen LogP contribution in [0, 0.1) is 0 Å². The summed E-state index contributed by atoms with van der Waals surface area (Å²) in [4.78, 5) is 17.2. The van der Waals surface area contributed by atoms with Crippen molar-refractivity contribution in [3.05, 3.63) is 88.4 Å². The van der Waals surface area contributed by atoms with Gasteiger partial charge >= 0.3 is 6.09 Å². The molecule has 0 saturated carbocycles. The average Bonchev–Trinajstić information content (AvgIpc) is 3.27. The molecule has 0 aliphatic carbocycles. The maximum Gasteiger partial charge on any atom is 0.407 e. The zero-order valence-electron chi connectivity index (χ0n) is 16.9. The number of aliphatic hydroxyl groups excluding tert-OH is 1. The standard InChI is InChI=1S/C23H27N3O3S/c1-23(24,18-10-6-3-7-11-18)13-21(27)20(12-17-8-4-2-5-9-17)26-22(28)29-15-19-14-25-16-30-19/h2-11,14,16,20-21,27H,12-13,15,24H2,1H3,(H,26,28)/t20-,21-,23-/m0/s1. The second kappa shape index (κ2) is 10.3. The van der Waals surface area contributed by atoms with Gasteiger partial charge in [0.25, 0.3) is 0 Å². The summed E-state index contributed by atoms with van der Waals surface area (Å²) in [6.45, 7) is 2.02. The van der Waals surface area contributed by atoms with Crippen LogP contribution >= 0.6 is 11.3 Å². The second-order valence-electron chi connectivity index (χ2n) is 7.54. The molecule has 2 aromatic carbocycles. The molecule has 0 unspecified atom stereocenters. The normalized spacial score (nSPS) is 15.0. The molecule has 7 heteroatoms. The van der Waals surface area contributed by atoms with E-state index in [1.165, 1.54) is 11.3 Å². The van der Waals surface area contributed by atoms with Gasteiger partial charge < -0.3 is 20.9 Å². The quantitative estimate of drug-likeness (QED) is 0.487. The number of alkyl carbamates (subject to hydrolysis) is 1. The highest BCUT2D eigenvalue weighted by Crippen LogP contribution is 2.25. The number of aliphatic hydroxyl groups is 1. The zero-order valence-corrected chi connectivity index (χ0v) is 17.7. The molecule has 0 fully saturated rings. The third kappa shape index (κ3) is 6.38. The Labute approximate surface area is 180 Å². The van der Waals surface area contributed by atoms with Crippen LogP contribution in [0.5, 0.6) is 0 Å². The zero-order chi connectivity index (χ0) is 21.4. The Bertz CT molecular complexity index is 902. The van der Waals surface area contributed by atoms with E-state index in [1.807, 2.05) is 67.6 Å². The molecule has 0 saturated heterocycles. The molecule has 1 aromatic heterocycles. The number of thiazole rings is 1. The molecule has 6 nitrogen and oxygen atoms in total. The van der Waals surface area contributed by atoms with Gasteiger partial charge in [-0.3, -0.25) is 4.98 Å². The van der Waals surface area contributed by atoms with Crippen LogP contribution in [-0.2, 0) is 23.3 Å². The minimum absolute atomic E-state index is 0.142. The lowest BCUT2D eigenvalue weighted by Gasteiger charge is -2.32. The summed E-state index contributed by atoms with van der Waals surface area (Å²) in [5.74, 6) is 0. The van der Waals surface area contributed by atoms with E-state index in [1.54, 1.807) is 11.7 Å². The molecule has 30 heavy (non-hydrogen) atoms. The van der Waals surface area contributed by atoms with E-state index in [0.717, 1.165) is 16.0 Å². The van der Waals surface area contributed by atoms with Crippen molar-refractivity contribution in [3.63, 3.8) is 0 Å². The lowest BCUT2D eigenvalue weighted by atomic mass is 9.84. The number of hydrogen-bond acceptors (Lipinski definition) is 6. The number of amides is 1. The Morgan fingerprint density at radius 3 is 2.50 bits per heavy atom. The maximum absolute atomic E-state index is 12.4. The van der Waals surface area contributed by atoms with Crippen molar-refractivity contribution in [2.24, 2.45) is 5.73 Å². The van der Waals surface area contributed by atoms with E-state index in [9.17, 15) is 9.90 Å². The van der Waals surface area contributed by atoms with Gasteiger partial charge in [-0.25, -0.2) is 4.79 Å². The molecule has 1 heterocycles. The summed E-state index contributed by atoms with van der Waals surface area (Å²) in [5, 5.41) is 13.8. The van der Waals surface area contributed by atoms with Crippen LogP contribution in [0.1, 0.15) is 29.3 Å². The van der Waals surface area contributed by atoms with Gasteiger partial charge in [0, 0.05) is 11.7 Å². The molecule has 0 radical (unpaired) electrons. The number of rotatable bonds is 9. The summed E-state index contributed by atoms with van der Waals surface area (Å²) < 4.78 is 5.30. The van der Waals surface area contributed by atoms with Crippen molar-refractivity contribution in [2.45, 2.75) is 44.1 Å². The van der Waals surface area contributed by atoms with E-state index in [4.69, 9.17) is 10.5 Å². The van der Waals surface area contributed by atoms with Crippen LogP contribution < -0.4 is 11.1 Å². The highest BCUT2D eigenvalue weighted by Gasteiger charge is 2.30. The highest BCUT2D eigenvalue weighted by atomic mass is 32.1. The number of nitrogens with two attached hydrogens (primary N) is 1. The Kier molecular flexibility index (Phi) is 7.57. The largest absolute Gasteiger partial charge is 0.444 e. The van der Waals surface area contributed by atoms with E-state index < -0.39 is 23.8 Å². The Hall–Kier alpha value is -2.74. The predicted molar refractivity (Wildman–Crippen MR) is 118 cm³/mol. The SMILES string of the molecule is C[C@](N)(C[C@H](O)[C@H](Cc1ccccc1)NC(=O)OCc1cncs1)c1ccccc1. The minimum atomic E-state index is -0.864. The number of carbonyl (C=O) groups excluding carboxylic acids is 1. The molecule has 3 aromatic rings. The summed E-state index contributed by atoms with van der Waals surface area (Å²) in [7, 11) is 0. The molecule has 0 aliphatic heterocycles. The van der Waals surface area contributed by atoms with Gasteiger partial charge in [-0.15, -0.1) is 11.3 Å². The van der Waals surface area contributed by atoms with Crippen molar-refractivity contribution >= 4 is 17.4 Å². The Balaban J connectivity index is 1.68. The number of hydrogen-bond donors (Lipinski definition) is 3. The number of aromatic nitrogens is 1. The molecular formula is C23H27N3O3S. The topological polar surface area (TPSA) is 97.5 Å². The van der Waals surface area contributed by atoms with E-state index >= 15 is 0 Å². The van der Waals surface area contributed by atoms with Crippen molar-refractivity contribution < 1.29 is 14.6 Å². The van der Waals surface area contributed by atoms with Crippen LogP contribution in [0.2, 0.25) is 0 Å². The van der Waals surface area contributed by atoms with Crippen LogP contribution in [-0.4, -0.2) is 28.3 Å². The van der Waals surface area contributed by atoms with Crippen molar-refractivity contribution in [3.8, 4) is 0 Å². The fourth-order valence-electron chi connectivity index (χ4n) is 3.31. The first-order valence-electron chi connectivity index (χ1n) is 9.81. The number of carbonyl (C=O) groups is 1. The second-order valence-corrected chi connectivity index (χ2v) is 8.51. The first kappa shape index (κ1) is 22.0. The molecule has 4 N–H and O–H groups in total. The number of ether oxygens (including phenoxy) is 1. The van der Waals surface area contributed by atoms with Gasteiger partial charge in [0.15, 0.2) is 0 Å². The maximum atomic E-state index is 12.4. The van der Waals surface area contributed by atoms with Gasteiger partial charge in [0.05, 0.1) is 22.5 Å². The van der Waals surface area contributed by atoms with E-state index in [-0.39, 0.29) is 13.0 Å². The third-order valence-electron chi connectivity index (χ3n) is 4.96. The average molecular weight is 426 g/mol. The molecule has 0 aliphatic rings. The van der Waals surface area contributed by atoms with Crippen molar-refractivity contribution in [1.82, 2.24) is 10.3 Å². The molecule has 3 atom stereocenters. The first-order chi connectivity index (χ1) is 14.4. The molecule has 3 rings (SSSR count). The smallest absolute Gasteiger partial charge is 0.407 e. The first-order valence-corrected chi connectivity index (χ1v) is 10.7. The van der Waals surface area contributed by atoms with Crippen LogP contribution in [0.3, 0.4) is 0 Å². The molecule has 0 spiro atoms. The van der Waals surface area contributed by atoms with Crippen LogP contribution in [0.15, 0.2) is 72.4 Å². The lowest BCUT2D eigenvalue weighted by Crippen LogP contribution is -2.49. The van der Waals surface area contributed by atoms with Gasteiger partial charge in [-0.05, 0) is 30.9 Å². The van der Waals surface area contributed by atoms with E-state index in [2.05, 4.69) is 10.3 Å². The number of benzene rings is 2. The van der Waals surface area contributed by atoms with Gasteiger partial charge in [-0.1, -0.05) is 60.7 Å². The molecular weight excluding hydrogens is 398 g/mol. The van der Waals surface area contributed by atoms with Crippen molar-refractivity contribution in [1.29, 1.82) is 0 Å². The van der Waals surface area contributed by atoms with E-state index in [0.29, 0.717) is 6.42 Å². The van der Waals surface area contributed by atoms with Crippen LogP contribution in [0.4, 0.5) is 4.79 Å². The van der Waals surface area contributed by atoms with Crippen molar-refractivity contribution in [2.75, 3.05) is 0 Å². The summed E-state index contributed by atoms with van der Waals surface area (Å²) >= 11 is 1.42. The third-order valence-corrected chi connectivity index (χ3v) is 5.71. The fourth-order valence-corrected chi connectivity index (χ4v) is 3.81. The predicted octanol–water partition coefficient (Wildman–Crippen LogP) is 3.61. The summed E-state index contributed by atoms with van der Waals surface area (Å²) in [6.07, 6.45) is 0.957. The number of nitrogens with one attached hydrogen (secondary N) is 1. The monoisotopic (exact) mass is 425 g/mol. The van der Waals surface area contributed by atoms with Gasteiger partial charge in [0.1, 0.15) is 6.61 Å². The lowest BCUT2D eigenvalue weighted by molar-refractivity contribution is 0.0820. The summed E-state index contributed by atoms with van der Waals surface area (Å²) in [6, 6.07) is 18.8. The molecule has 1 amide bonds. The summed E-state index contributed by atoms with van der Waals surface area (Å²) in [5.41, 5.74) is 9.38. The Morgan fingerprint density at radius 2 is 1.87 bits per heavy atom. The molecule has 0 bridgehead atoms. The van der Waals surface area contributed by atoms with Gasteiger partial charge in [-0.2, -0.15) is 0 Å². The minimum Gasteiger partial charge on any atom is -0.444 e. The van der Waals surface area contributed by atoms with Crippen LogP contribution in [0.25, 0.3) is 0 Å². The number of nitrogens with zero attached hydrogens (tertiary/aromatic N) is 1.